The van der Waals surface area contributed by atoms with Crippen molar-refractivity contribution in [3.8, 4) is 0 Å². The second-order valence-electron chi connectivity index (χ2n) is 6.98. The lowest BCUT2D eigenvalue weighted by Gasteiger charge is -2.38. The van der Waals surface area contributed by atoms with Crippen LogP contribution in [0.1, 0.15) is 35.6 Å². The molecular weight excluding hydrogens is 417 g/mol. The molecule has 156 valence electrons. The molecule has 2 unspecified atom stereocenters. The maximum absolute atomic E-state index is 14.6. The van der Waals surface area contributed by atoms with Crippen LogP contribution < -0.4 is 0 Å². The van der Waals surface area contributed by atoms with Crippen molar-refractivity contribution in [3.05, 3.63) is 69.7 Å². The standard InChI is InChI=1S/C20H17ClF5NO2/c21-16-6-3-11(8-15(16)20(24,25)26)18(14-5-4-13(22)9-17(14)23)27-7-1-2-12(10-27)19(28)29/h3-6,8-9,12,18H,1-2,7,10H2,(H,28,29). The van der Waals surface area contributed by atoms with Gasteiger partial charge in [-0.05, 0) is 43.1 Å². The molecule has 0 aromatic heterocycles. The molecule has 2 aromatic rings. The van der Waals surface area contributed by atoms with Crippen LogP contribution in [0.15, 0.2) is 36.4 Å². The average molecular weight is 434 g/mol. The van der Waals surface area contributed by atoms with E-state index in [1.54, 1.807) is 4.90 Å². The molecule has 3 nitrogen and oxygen atoms in total. The summed E-state index contributed by atoms with van der Waals surface area (Å²) in [6.45, 7) is 0.385. The maximum atomic E-state index is 14.6. The first-order valence-electron chi connectivity index (χ1n) is 8.86. The van der Waals surface area contributed by atoms with E-state index in [9.17, 15) is 31.9 Å². The number of nitrogens with zero attached hydrogens (tertiary/aromatic N) is 1. The highest BCUT2D eigenvalue weighted by Crippen LogP contribution is 2.40. The third-order valence-corrected chi connectivity index (χ3v) is 5.37. The molecule has 0 spiro atoms. The Morgan fingerprint density at radius 2 is 1.90 bits per heavy atom. The molecule has 29 heavy (non-hydrogen) atoms. The Bertz CT molecular complexity index is 918. The van der Waals surface area contributed by atoms with E-state index in [2.05, 4.69) is 0 Å². The largest absolute Gasteiger partial charge is 0.481 e. The van der Waals surface area contributed by atoms with Gasteiger partial charge in [0.15, 0.2) is 0 Å². The van der Waals surface area contributed by atoms with E-state index < -0.39 is 46.3 Å². The van der Waals surface area contributed by atoms with Gasteiger partial charge in [0.05, 0.1) is 22.5 Å². The second kappa shape index (κ2) is 8.28. The van der Waals surface area contributed by atoms with Gasteiger partial charge < -0.3 is 5.11 Å². The third-order valence-electron chi connectivity index (χ3n) is 5.04. The number of carbonyl (C=O) groups is 1. The summed E-state index contributed by atoms with van der Waals surface area (Å²) in [5, 5.41) is 8.84. The zero-order valence-corrected chi connectivity index (χ0v) is 15.8. The van der Waals surface area contributed by atoms with Crippen LogP contribution >= 0.6 is 11.6 Å². The molecule has 1 N–H and O–H groups in total. The van der Waals surface area contributed by atoms with E-state index in [0.29, 0.717) is 25.5 Å². The fourth-order valence-corrected chi connectivity index (χ4v) is 3.91. The lowest BCUT2D eigenvalue weighted by molar-refractivity contribution is -0.143. The van der Waals surface area contributed by atoms with Gasteiger partial charge in [-0.15, -0.1) is 0 Å². The smallest absolute Gasteiger partial charge is 0.417 e. The predicted octanol–water partition coefficient (Wildman–Crippen LogP) is 5.52. The molecule has 0 amide bonds. The molecular formula is C20H17ClF5NO2. The van der Waals surface area contributed by atoms with Crippen molar-refractivity contribution in [1.82, 2.24) is 4.90 Å². The number of carboxylic acid groups (broad SMARTS) is 1. The molecule has 1 aliphatic rings. The monoisotopic (exact) mass is 433 g/mol. The fraction of sp³-hybridized carbons (Fsp3) is 0.350. The van der Waals surface area contributed by atoms with E-state index in [-0.39, 0.29) is 17.7 Å². The van der Waals surface area contributed by atoms with Crippen molar-refractivity contribution < 1.29 is 31.9 Å². The van der Waals surface area contributed by atoms with Gasteiger partial charge in [0.1, 0.15) is 11.6 Å². The van der Waals surface area contributed by atoms with Crippen molar-refractivity contribution in [2.45, 2.75) is 25.1 Å². The van der Waals surface area contributed by atoms with Crippen LogP contribution in [0.25, 0.3) is 0 Å². The lowest BCUT2D eigenvalue weighted by Crippen LogP contribution is -2.41. The number of alkyl halides is 3. The van der Waals surface area contributed by atoms with Gasteiger partial charge in [-0.3, -0.25) is 9.69 Å². The molecule has 2 atom stereocenters. The van der Waals surface area contributed by atoms with Crippen molar-refractivity contribution in [2.75, 3.05) is 13.1 Å². The topological polar surface area (TPSA) is 40.5 Å². The average Bonchev–Trinajstić information content (AvgIpc) is 2.64. The van der Waals surface area contributed by atoms with Crippen LogP contribution in [0.2, 0.25) is 5.02 Å². The molecule has 1 fully saturated rings. The number of hydrogen-bond donors (Lipinski definition) is 1. The van der Waals surface area contributed by atoms with Crippen LogP contribution in [-0.4, -0.2) is 29.1 Å². The van der Waals surface area contributed by atoms with Crippen LogP contribution in [0.3, 0.4) is 0 Å². The highest BCUT2D eigenvalue weighted by molar-refractivity contribution is 6.31. The van der Waals surface area contributed by atoms with E-state index in [0.717, 1.165) is 18.2 Å². The Hall–Kier alpha value is -2.19. The van der Waals surface area contributed by atoms with E-state index in [1.165, 1.54) is 12.1 Å². The Kier molecular flexibility index (Phi) is 6.14. The number of carboxylic acids is 1. The first-order chi connectivity index (χ1) is 13.6. The molecule has 3 rings (SSSR count). The summed E-state index contributed by atoms with van der Waals surface area (Å²) in [5.74, 6) is -3.50. The predicted molar refractivity (Wildman–Crippen MR) is 96.6 cm³/mol. The number of hydrogen-bond acceptors (Lipinski definition) is 2. The number of likely N-dealkylation sites (tertiary alicyclic amines) is 1. The van der Waals surface area contributed by atoms with Gasteiger partial charge in [-0.2, -0.15) is 13.2 Å². The van der Waals surface area contributed by atoms with Crippen LogP contribution in [0.5, 0.6) is 0 Å². The number of piperidine rings is 1. The van der Waals surface area contributed by atoms with Gasteiger partial charge in [0, 0.05) is 18.2 Å². The van der Waals surface area contributed by atoms with E-state index in [4.69, 9.17) is 11.6 Å². The first-order valence-corrected chi connectivity index (χ1v) is 9.24. The molecule has 0 aliphatic carbocycles. The van der Waals surface area contributed by atoms with Crippen molar-refractivity contribution in [3.63, 3.8) is 0 Å². The Morgan fingerprint density at radius 3 is 2.52 bits per heavy atom. The molecule has 1 saturated heterocycles. The summed E-state index contributed by atoms with van der Waals surface area (Å²) >= 11 is 5.70. The van der Waals surface area contributed by atoms with Crippen LogP contribution in [0, 0.1) is 17.6 Å². The van der Waals surface area contributed by atoms with Crippen LogP contribution in [-0.2, 0) is 11.0 Å². The highest BCUT2D eigenvalue weighted by atomic mass is 35.5. The summed E-state index contributed by atoms with van der Waals surface area (Å²) in [6, 6.07) is 5.08. The van der Waals surface area contributed by atoms with E-state index >= 15 is 0 Å². The first kappa shape index (κ1) is 21.5. The number of benzene rings is 2. The highest BCUT2D eigenvalue weighted by Gasteiger charge is 2.36. The Morgan fingerprint density at radius 1 is 1.17 bits per heavy atom. The minimum atomic E-state index is -4.72. The number of aliphatic carboxylic acids is 1. The van der Waals surface area contributed by atoms with Crippen LogP contribution in [0.4, 0.5) is 22.0 Å². The van der Waals surface area contributed by atoms with Gasteiger partial charge in [-0.25, -0.2) is 8.78 Å². The quantitative estimate of drug-likeness (QED) is 0.645. The molecule has 1 aliphatic heterocycles. The lowest BCUT2D eigenvalue weighted by atomic mass is 9.90. The zero-order valence-electron chi connectivity index (χ0n) is 15.0. The Labute approximate surface area is 168 Å². The molecule has 2 aromatic carbocycles. The molecule has 0 bridgehead atoms. The zero-order chi connectivity index (χ0) is 21.3. The van der Waals surface area contributed by atoms with Crippen molar-refractivity contribution >= 4 is 17.6 Å². The number of rotatable bonds is 4. The van der Waals surface area contributed by atoms with Gasteiger partial charge in [0.25, 0.3) is 0 Å². The molecule has 1 heterocycles. The summed E-state index contributed by atoms with van der Waals surface area (Å²) < 4.78 is 68.0. The summed E-state index contributed by atoms with van der Waals surface area (Å²) in [7, 11) is 0. The SMILES string of the molecule is O=C(O)C1CCCN(C(c2ccc(Cl)c(C(F)(F)F)c2)c2ccc(F)cc2F)C1. The van der Waals surface area contributed by atoms with Gasteiger partial charge in [-0.1, -0.05) is 23.7 Å². The number of halogens is 6. The van der Waals surface area contributed by atoms with Crippen molar-refractivity contribution in [2.24, 2.45) is 5.92 Å². The summed E-state index contributed by atoms with van der Waals surface area (Å²) in [4.78, 5) is 13.0. The normalized spacial score (nSPS) is 19.2. The third kappa shape index (κ3) is 4.70. The molecule has 9 heteroatoms. The second-order valence-corrected chi connectivity index (χ2v) is 7.38. The fourth-order valence-electron chi connectivity index (χ4n) is 3.68. The molecule has 0 saturated carbocycles. The maximum Gasteiger partial charge on any atom is 0.417 e. The van der Waals surface area contributed by atoms with Gasteiger partial charge >= 0.3 is 12.1 Å². The summed E-state index contributed by atoms with van der Waals surface area (Å²) in [5.41, 5.74) is -1.01. The molecule has 0 radical (unpaired) electrons. The van der Waals surface area contributed by atoms with Gasteiger partial charge in [0.2, 0.25) is 0 Å². The minimum Gasteiger partial charge on any atom is -0.481 e. The minimum absolute atomic E-state index is 0.0286. The Balaban J connectivity index is 2.12. The summed E-state index contributed by atoms with van der Waals surface area (Å²) in [6.07, 6.45) is -3.82. The van der Waals surface area contributed by atoms with Crippen molar-refractivity contribution in [1.29, 1.82) is 0 Å². The van der Waals surface area contributed by atoms with E-state index in [1.807, 2.05) is 0 Å².